The lowest BCUT2D eigenvalue weighted by molar-refractivity contribution is 0.478. The van der Waals surface area contributed by atoms with Crippen molar-refractivity contribution in [2.24, 2.45) is 17.8 Å². The maximum absolute atomic E-state index is 7.19. The standard InChI is InChI=1S/C80H56B2N4O/c1-46-69-47(2)74-79-80(4,61-38-21-36-58-54-29-12-16-41-64(54)86(77(58)61)81(79)62-39-14-17-42-65(62)84(74)75-51(49-24-7-5-8-25-49)31-19-32-52(75)50-26-9-6-10-27-50)70(69)48(3)71-73(46)83(67-44-23-37-60-55-30-13-18-45-68(55)87-78(60)67)66-43-22-33-56-59-35-20-34-57-53-28-11-15-40-63(53)85(76(57)59)82(71)72(56)66/h5-48H,1-4H3. The maximum Gasteiger partial charge on any atom is 0.329 e. The highest BCUT2D eigenvalue weighted by Gasteiger charge is 2.61. The summed E-state index contributed by atoms with van der Waals surface area (Å²) >= 11 is 0. The summed E-state index contributed by atoms with van der Waals surface area (Å²) in [5.41, 5.74) is 31.3. The lowest BCUT2D eigenvalue weighted by atomic mass is 9.33. The van der Waals surface area contributed by atoms with Gasteiger partial charge in [0.05, 0.1) is 11.4 Å². The number of fused-ring (bicyclic) bond motifs is 17. The van der Waals surface area contributed by atoms with Crippen LogP contribution < -0.4 is 20.7 Å². The topological polar surface area (TPSA) is 29.5 Å². The third kappa shape index (κ3) is 5.84. The summed E-state index contributed by atoms with van der Waals surface area (Å²) in [5, 5.41) is 7.48. The highest BCUT2D eigenvalue weighted by molar-refractivity contribution is 6.85. The van der Waals surface area contributed by atoms with Gasteiger partial charge in [-0.15, -0.1) is 0 Å². The second-order valence-corrected chi connectivity index (χ2v) is 25.4. The van der Waals surface area contributed by atoms with Gasteiger partial charge >= 0.3 is 13.7 Å². The zero-order valence-electron chi connectivity index (χ0n) is 48.8. The van der Waals surface area contributed by atoms with Crippen LogP contribution in [0.1, 0.15) is 33.3 Å². The monoisotopic (exact) mass is 1110 g/mol. The van der Waals surface area contributed by atoms with Gasteiger partial charge in [0.15, 0.2) is 5.58 Å². The van der Waals surface area contributed by atoms with E-state index in [-0.39, 0.29) is 31.4 Å². The van der Waals surface area contributed by atoms with E-state index in [0.29, 0.717) is 0 Å². The van der Waals surface area contributed by atoms with Crippen LogP contribution in [0.4, 0.5) is 22.7 Å². The van der Waals surface area contributed by atoms with Crippen molar-refractivity contribution in [1.29, 1.82) is 0 Å². The van der Waals surface area contributed by atoms with E-state index < -0.39 is 5.41 Å². The molecule has 3 aromatic heterocycles. The van der Waals surface area contributed by atoms with E-state index in [4.69, 9.17) is 4.42 Å². The van der Waals surface area contributed by atoms with Crippen LogP contribution in [0.5, 0.6) is 0 Å². The Balaban J connectivity index is 0.937. The van der Waals surface area contributed by atoms with Gasteiger partial charge in [-0.2, -0.15) is 0 Å². The van der Waals surface area contributed by atoms with Gasteiger partial charge in [-0.05, 0) is 98.9 Å². The summed E-state index contributed by atoms with van der Waals surface area (Å²) in [6.07, 6.45) is 0. The highest BCUT2D eigenvalue weighted by atomic mass is 16.3. The molecule has 0 saturated carbocycles. The van der Waals surface area contributed by atoms with Crippen LogP contribution in [0.3, 0.4) is 0 Å². The predicted molar refractivity (Wildman–Crippen MR) is 364 cm³/mol. The number of aromatic nitrogens is 2. The summed E-state index contributed by atoms with van der Waals surface area (Å²) in [6, 6.07) is 94.0. The number of hydrogen-bond donors (Lipinski definition) is 0. The molecule has 0 bridgehead atoms. The van der Waals surface area contributed by atoms with Gasteiger partial charge in [-0.1, -0.05) is 239 Å². The van der Waals surface area contributed by atoms with Crippen molar-refractivity contribution in [2.45, 2.75) is 33.1 Å². The quantitative estimate of drug-likeness (QED) is 0.130. The van der Waals surface area contributed by atoms with E-state index in [1.807, 2.05) is 0 Å². The van der Waals surface area contributed by atoms with Crippen molar-refractivity contribution in [3.05, 3.63) is 288 Å². The average molecular weight is 1110 g/mol. The molecule has 20 rings (SSSR count). The molecule has 11 aromatic carbocycles. The molecular formula is C80H56B2N4O. The second-order valence-electron chi connectivity index (χ2n) is 25.4. The number of benzene rings is 11. The van der Waals surface area contributed by atoms with E-state index in [1.165, 1.54) is 138 Å². The maximum atomic E-state index is 7.19. The number of anilines is 4. The van der Waals surface area contributed by atoms with E-state index in [0.717, 1.165) is 27.6 Å². The molecule has 0 N–H and O–H groups in total. The van der Waals surface area contributed by atoms with Gasteiger partial charge in [0.2, 0.25) is 0 Å². The molecule has 7 heteroatoms. The Morgan fingerprint density at radius 1 is 0.402 bits per heavy atom. The van der Waals surface area contributed by atoms with E-state index in [2.05, 4.69) is 295 Å². The van der Waals surface area contributed by atoms with Gasteiger partial charge < -0.3 is 23.2 Å². The largest absolute Gasteiger partial charge is 0.454 e. The summed E-state index contributed by atoms with van der Waals surface area (Å²) < 4.78 is 12.7. The molecule has 87 heavy (non-hydrogen) atoms. The third-order valence-electron chi connectivity index (χ3n) is 21.6. The molecule has 0 fully saturated rings. The zero-order valence-corrected chi connectivity index (χ0v) is 48.8. The second kappa shape index (κ2) is 17.0. The van der Waals surface area contributed by atoms with Crippen molar-refractivity contribution in [1.82, 2.24) is 8.96 Å². The molecule has 6 aliphatic rings. The lowest BCUT2D eigenvalue weighted by Gasteiger charge is -2.59. The van der Waals surface area contributed by atoms with Crippen molar-refractivity contribution in [3.8, 4) is 33.4 Å². The molecule has 0 spiro atoms. The smallest absolute Gasteiger partial charge is 0.329 e. The Hall–Kier alpha value is -10.2. The Morgan fingerprint density at radius 2 is 0.931 bits per heavy atom. The lowest BCUT2D eigenvalue weighted by Crippen LogP contribution is -2.61. The van der Waals surface area contributed by atoms with Crippen molar-refractivity contribution in [2.75, 3.05) is 9.80 Å². The van der Waals surface area contributed by atoms with Crippen LogP contribution in [-0.2, 0) is 5.41 Å². The molecule has 4 atom stereocenters. The van der Waals surface area contributed by atoms with E-state index >= 15 is 0 Å². The molecular weight excluding hydrogens is 1050 g/mol. The van der Waals surface area contributed by atoms with Gasteiger partial charge in [0, 0.05) is 111 Å². The summed E-state index contributed by atoms with van der Waals surface area (Å²) in [4.78, 5) is 5.48. The fraction of sp³-hybridized carbons (Fsp3) is 0.100. The average Bonchev–Trinajstić information content (AvgIpc) is 1.58. The number of allylic oxidation sites excluding steroid dienone is 5. The molecule has 0 radical (unpaired) electrons. The van der Waals surface area contributed by atoms with Crippen LogP contribution in [0.15, 0.2) is 287 Å². The molecule has 7 heterocycles. The molecule has 14 aromatic rings. The minimum Gasteiger partial charge on any atom is -0.454 e. The summed E-state index contributed by atoms with van der Waals surface area (Å²) in [6.45, 7) is 10.2. The first kappa shape index (κ1) is 48.1. The highest BCUT2D eigenvalue weighted by Crippen LogP contribution is 2.66. The minimum atomic E-state index is -0.595. The van der Waals surface area contributed by atoms with Gasteiger partial charge in [-0.3, -0.25) is 0 Å². The van der Waals surface area contributed by atoms with Gasteiger partial charge in [0.1, 0.15) is 5.58 Å². The number of furan rings is 1. The Morgan fingerprint density at radius 3 is 1.68 bits per heavy atom. The third-order valence-corrected chi connectivity index (χ3v) is 21.6. The van der Waals surface area contributed by atoms with Crippen LogP contribution in [0.2, 0.25) is 0 Å². The fourth-order valence-electron chi connectivity index (χ4n) is 18.5. The molecule has 2 aliphatic carbocycles. The van der Waals surface area contributed by atoms with E-state index in [1.54, 1.807) is 5.57 Å². The first-order chi connectivity index (χ1) is 42.9. The van der Waals surface area contributed by atoms with E-state index in [9.17, 15) is 0 Å². The molecule has 0 amide bonds. The first-order valence-corrected chi connectivity index (χ1v) is 31.1. The number of hydrogen-bond acceptors (Lipinski definition) is 3. The normalized spacial score (nSPS) is 19.7. The van der Waals surface area contributed by atoms with Gasteiger partial charge in [0.25, 0.3) is 0 Å². The molecule has 4 aliphatic heterocycles. The molecule has 0 saturated heterocycles. The van der Waals surface area contributed by atoms with Crippen LogP contribution in [0.25, 0.3) is 98.9 Å². The Kier molecular flexibility index (Phi) is 9.40. The summed E-state index contributed by atoms with van der Waals surface area (Å²) in [7, 11) is 0. The number of rotatable bonds is 4. The molecule has 408 valence electrons. The fourth-order valence-corrected chi connectivity index (χ4v) is 18.5. The van der Waals surface area contributed by atoms with Crippen molar-refractivity contribution in [3.63, 3.8) is 0 Å². The van der Waals surface area contributed by atoms with Crippen LogP contribution in [-0.4, -0.2) is 22.7 Å². The Labute approximate surface area is 505 Å². The SMILES string of the molecule is CC1C2=C(C(C)C3=C(C2C)N(c2cccc4c2oc2ccccc24)c2cccc4c2B3n2c3ccccc3c3cccc-4c32)C2(C)C3=C1N(c1c(-c4ccccc4)cccc1-c1ccccc1)c1ccccc1B3n1c3ccccc3c3cccc2c31. The number of para-hydroxylation sites is 8. The van der Waals surface area contributed by atoms with Crippen molar-refractivity contribution < 1.29 is 4.42 Å². The Bertz CT molecular complexity index is 5470. The van der Waals surface area contributed by atoms with Crippen LogP contribution in [0, 0.1) is 17.8 Å². The predicted octanol–water partition coefficient (Wildman–Crippen LogP) is 18.7. The minimum absolute atomic E-state index is 0.0355. The molecule has 5 nitrogen and oxygen atoms in total. The molecule has 4 unspecified atom stereocenters. The van der Waals surface area contributed by atoms with Crippen molar-refractivity contribution >= 4 is 113 Å². The zero-order chi connectivity index (χ0) is 57.3. The van der Waals surface area contributed by atoms with Gasteiger partial charge in [-0.25, -0.2) is 0 Å². The first-order valence-electron chi connectivity index (χ1n) is 31.1. The van der Waals surface area contributed by atoms with Crippen LogP contribution >= 0.6 is 0 Å². The number of nitrogens with zero attached hydrogens (tertiary/aromatic N) is 4. The summed E-state index contributed by atoms with van der Waals surface area (Å²) in [5.74, 6) is -0.157.